The molecule has 1 aromatic rings. The molecule has 0 amide bonds. The molecular weight excluding hydrogens is 234 g/mol. The molecule has 19 heavy (non-hydrogen) atoms. The summed E-state index contributed by atoms with van der Waals surface area (Å²) in [7, 11) is 4.38. The first-order chi connectivity index (χ1) is 8.95. The molecule has 0 saturated heterocycles. The van der Waals surface area contributed by atoms with Gasteiger partial charge in [-0.15, -0.1) is 0 Å². The van der Waals surface area contributed by atoms with Gasteiger partial charge in [0.05, 0.1) is 27.2 Å². The zero-order valence-corrected chi connectivity index (χ0v) is 13.3. The highest BCUT2D eigenvalue weighted by Gasteiger charge is 2.17. The summed E-state index contributed by atoms with van der Waals surface area (Å²) >= 11 is 0. The van der Waals surface area contributed by atoms with Crippen molar-refractivity contribution >= 4 is 0 Å². The van der Waals surface area contributed by atoms with Crippen molar-refractivity contribution < 1.29 is 9.64 Å². The Morgan fingerprint density at radius 3 is 2.21 bits per heavy atom. The summed E-state index contributed by atoms with van der Waals surface area (Å²) in [6, 6.07) is 8.60. The number of hydrogen-bond donors (Lipinski definition) is 1. The molecule has 0 saturated carbocycles. The van der Waals surface area contributed by atoms with E-state index in [4.69, 9.17) is 4.74 Å². The largest absolute Gasteiger partial charge is 0.494 e. The Kier molecular flexibility index (Phi) is 6.36. The smallest absolute Gasteiger partial charge is 0.119 e. The molecule has 0 unspecified atom stereocenters. The zero-order valence-electron chi connectivity index (χ0n) is 13.3. The Labute approximate surface area is 118 Å². The molecular formula is C17H30NO+. The van der Waals surface area contributed by atoms with E-state index in [1.165, 1.54) is 23.4 Å². The predicted molar refractivity (Wildman–Crippen MR) is 82.2 cm³/mol. The predicted octanol–water partition coefficient (Wildman–Crippen LogP) is 2.68. The number of quaternary nitrogens is 1. The molecule has 0 aliphatic rings. The van der Waals surface area contributed by atoms with Gasteiger partial charge in [0.1, 0.15) is 5.75 Å². The second kappa shape index (κ2) is 7.54. The first-order valence-corrected chi connectivity index (χ1v) is 7.48. The van der Waals surface area contributed by atoms with Crippen molar-refractivity contribution in [2.75, 3.05) is 27.2 Å². The molecule has 2 nitrogen and oxygen atoms in total. The van der Waals surface area contributed by atoms with Gasteiger partial charge in [0, 0.05) is 0 Å². The lowest BCUT2D eigenvalue weighted by atomic mass is 9.82. The van der Waals surface area contributed by atoms with Crippen LogP contribution in [-0.2, 0) is 5.41 Å². The van der Waals surface area contributed by atoms with E-state index in [1.807, 2.05) is 0 Å². The third kappa shape index (κ3) is 5.65. The molecule has 0 spiro atoms. The van der Waals surface area contributed by atoms with Crippen LogP contribution in [0.1, 0.15) is 45.6 Å². The molecule has 0 aromatic heterocycles. The fourth-order valence-corrected chi connectivity index (χ4v) is 1.98. The van der Waals surface area contributed by atoms with Gasteiger partial charge in [-0.25, -0.2) is 0 Å². The van der Waals surface area contributed by atoms with Crippen molar-refractivity contribution in [3.8, 4) is 5.75 Å². The van der Waals surface area contributed by atoms with Crippen LogP contribution in [0.5, 0.6) is 5.75 Å². The maximum Gasteiger partial charge on any atom is 0.119 e. The fraction of sp³-hybridized carbons (Fsp3) is 0.647. The van der Waals surface area contributed by atoms with Crippen LogP contribution in [0.15, 0.2) is 24.3 Å². The summed E-state index contributed by atoms with van der Waals surface area (Å²) in [4.78, 5) is 1.51. The summed E-state index contributed by atoms with van der Waals surface area (Å²) in [5.74, 6) is 0.993. The Bertz CT molecular complexity index is 354. The highest BCUT2D eigenvalue weighted by molar-refractivity contribution is 5.31. The minimum Gasteiger partial charge on any atom is -0.494 e. The molecule has 1 aromatic carbocycles. The highest BCUT2D eigenvalue weighted by Crippen LogP contribution is 2.27. The van der Waals surface area contributed by atoms with E-state index in [9.17, 15) is 0 Å². The first-order valence-electron chi connectivity index (χ1n) is 7.48. The molecule has 0 fully saturated rings. The Hall–Kier alpha value is -1.02. The van der Waals surface area contributed by atoms with E-state index >= 15 is 0 Å². The molecule has 108 valence electrons. The first kappa shape index (κ1) is 16.0. The Morgan fingerprint density at radius 1 is 1.05 bits per heavy atom. The Morgan fingerprint density at radius 2 is 1.68 bits per heavy atom. The third-order valence-corrected chi connectivity index (χ3v) is 3.86. The molecule has 1 rings (SSSR count). The number of unbranched alkanes of at least 4 members (excludes halogenated alkanes) is 1. The van der Waals surface area contributed by atoms with Crippen LogP contribution in [-0.4, -0.2) is 27.2 Å². The van der Waals surface area contributed by atoms with Crippen LogP contribution < -0.4 is 9.64 Å². The number of benzene rings is 1. The van der Waals surface area contributed by atoms with Crippen molar-refractivity contribution in [3.63, 3.8) is 0 Å². The van der Waals surface area contributed by atoms with Crippen molar-refractivity contribution in [2.45, 2.75) is 45.4 Å². The fourth-order valence-electron chi connectivity index (χ4n) is 1.98. The molecule has 1 N–H and O–H groups in total. The zero-order chi connectivity index (χ0) is 14.3. The lowest BCUT2D eigenvalue weighted by Gasteiger charge is -2.23. The summed E-state index contributed by atoms with van der Waals surface area (Å²) in [5.41, 5.74) is 1.64. The van der Waals surface area contributed by atoms with Gasteiger partial charge in [-0.2, -0.15) is 0 Å². The highest BCUT2D eigenvalue weighted by atomic mass is 16.5. The van der Waals surface area contributed by atoms with E-state index in [0.717, 1.165) is 25.2 Å². The maximum absolute atomic E-state index is 5.78. The van der Waals surface area contributed by atoms with Crippen molar-refractivity contribution in [2.24, 2.45) is 0 Å². The topological polar surface area (TPSA) is 13.7 Å². The number of ether oxygens (including phenoxy) is 1. The van der Waals surface area contributed by atoms with Crippen molar-refractivity contribution in [3.05, 3.63) is 29.8 Å². The van der Waals surface area contributed by atoms with E-state index in [0.29, 0.717) is 0 Å². The van der Waals surface area contributed by atoms with Crippen LogP contribution >= 0.6 is 0 Å². The van der Waals surface area contributed by atoms with Gasteiger partial charge in [-0.1, -0.05) is 32.9 Å². The maximum atomic E-state index is 5.78. The van der Waals surface area contributed by atoms with E-state index in [1.54, 1.807) is 0 Å². The van der Waals surface area contributed by atoms with Crippen LogP contribution in [0.25, 0.3) is 0 Å². The van der Waals surface area contributed by atoms with Crippen molar-refractivity contribution in [1.82, 2.24) is 0 Å². The summed E-state index contributed by atoms with van der Waals surface area (Å²) in [6.45, 7) is 8.84. The quantitative estimate of drug-likeness (QED) is 0.713. The summed E-state index contributed by atoms with van der Waals surface area (Å²) in [6.07, 6.45) is 3.51. The normalized spacial score (nSPS) is 11.9. The standard InChI is InChI=1S/C17H29NO/c1-6-17(2,3)15-9-11-16(12-10-15)19-14-8-7-13-18(4)5/h9-12H,6-8,13-14H2,1-5H3/p+1. The molecule has 0 radical (unpaired) electrons. The molecule has 0 heterocycles. The van der Waals surface area contributed by atoms with Gasteiger partial charge in [0.2, 0.25) is 0 Å². The Balaban J connectivity index is 2.37. The van der Waals surface area contributed by atoms with E-state index < -0.39 is 0 Å². The molecule has 2 heteroatoms. The minimum atomic E-state index is 0.257. The average Bonchev–Trinajstić information content (AvgIpc) is 2.38. The number of nitrogens with one attached hydrogen (secondary N) is 1. The van der Waals surface area contributed by atoms with Crippen LogP contribution in [0.4, 0.5) is 0 Å². The number of rotatable bonds is 8. The lowest BCUT2D eigenvalue weighted by Crippen LogP contribution is -3.05. The lowest BCUT2D eigenvalue weighted by molar-refractivity contribution is -0.858. The summed E-state index contributed by atoms with van der Waals surface area (Å²) in [5, 5.41) is 0. The van der Waals surface area contributed by atoms with Gasteiger partial charge in [0.25, 0.3) is 0 Å². The second-order valence-electron chi connectivity index (χ2n) is 6.27. The monoisotopic (exact) mass is 264 g/mol. The SMILES string of the molecule is CCC(C)(C)c1ccc(OCCCC[NH+](C)C)cc1. The minimum absolute atomic E-state index is 0.257. The molecule has 0 bridgehead atoms. The average molecular weight is 264 g/mol. The van der Waals surface area contributed by atoms with E-state index in [-0.39, 0.29) is 5.41 Å². The van der Waals surface area contributed by atoms with Crippen LogP contribution in [0.2, 0.25) is 0 Å². The summed E-state index contributed by atoms with van der Waals surface area (Å²) < 4.78 is 5.78. The second-order valence-corrected chi connectivity index (χ2v) is 6.27. The number of hydrogen-bond acceptors (Lipinski definition) is 1. The van der Waals surface area contributed by atoms with Gasteiger partial charge >= 0.3 is 0 Å². The third-order valence-electron chi connectivity index (χ3n) is 3.86. The molecule has 0 aliphatic carbocycles. The van der Waals surface area contributed by atoms with Crippen LogP contribution in [0, 0.1) is 0 Å². The van der Waals surface area contributed by atoms with Gasteiger partial charge in [0.15, 0.2) is 0 Å². The van der Waals surface area contributed by atoms with Gasteiger partial charge < -0.3 is 9.64 Å². The van der Waals surface area contributed by atoms with E-state index in [2.05, 4.69) is 59.1 Å². The van der Waals surface area contributed by atoms with Crippen LogP contribution in [0.3, 0.4) is 0 Å². The molecule has 0 atom stereocenters. The molecule has 0 aliphatic heterocycles. The van der Waals surface area contributed by atoms with Gasteiger partial charge in [-0.3, -0.25) is 0 Å². The van der Waals surface area contributed by atoms with Crippen molar-refractivity contribution in [1.29, 1.82) is 0 Å². The van der Waals surface area contributed by atoms with Gasteiger partial charge in [-0.05, 0) is 42.4 Å².